The first-order chi connectivity index (χ1) is 8.04. The second-order valence-electron chi connectivity index (χ2n) is 7.09. The fourth-order valence-electron chi connectivity index (χ4n) is 2.69. The van der Waals surface area contributed by atoms with Crippen LogP contribution in [0.2, 0.25) is 0 Å². The first-order valence-electron chi connectivity index (χ1n) is 7.04. The third-order valence-electron chi connectivity index (χ3n) is 3.29. The van der Waals surface area contributed by atoms with E-state index >= 15 is 0 Å². The van der Waals surface area contributed by atoms with Crippen molar-refractivity contribution in [1.82, 2.24) is 0 Å². The molecule has 0 spiro atoms. The van der Waals surface area contributed by atoms with Crippen LogP contribution in [0.15, 0.2) is 0 Å². The van der Waals surface area contributed by atoms with Crippen molar-refractivity contribution < 1.29 is 19.2 Å². The Morgan fingerprint density at radius 2 is 1.00 bits per heavy atom. The maximum absolute atomic E-state index is 9.43. The molecule has 4 nitrogen and oxygen atoms in total. The van der Waals surface area contributed by atoms with Crippen LogP contribution in [0.4, 0.5) is 0 Å². The molecule has 0 aromatic carbocycles. The van der Waals surface area contributed by atoms with Crippen LogP contribution in [0.1, 0.15) is 26.7 Å². The second-order valence-corrected chi connectivity index (χ2v) is 7.09. The topological polar surface area (TPSA) is 40.5 Å². The predicted octanol–water partition coefficient (Wildman–Crippen LogP) is 0.681. The molecule has 0 aliphatic heterocycles. The van der Waals surface area contributed by atoms with Gasteiger partial charge in [0.15, 0.2) is 0 Å². The van der Waals surface area contributed by atoms with E-state index in [1.807, 2.05) is 13.8 Å². The monoisotopic (exact) mass is 262 g/mol. The highest BCUT2D eigenvalue weighted by Gasteiger charge is 2.20. The molecule has 0 aliphatic rings. The average molecular weight is 262 g/mol. The van der Waals surface area contributed by atoms with Crippen LogP contribution in [-0.2, 0) is 0 Å². The lowest BCUT2D eigenvalue weighted by Crippen LogP contribution is -2.47. The molecule has 110 valence electrons. The Morgan fingerprint density at radius 1 is 0.722 bits per heavy atom. The van der Waals surface area contributed by atoms with Gasteiger partial charge in [0.05, 0.1) is 41.3 Å². The van der Waals surface area contributed by atoms with E-state index in [0.717, 1.165) is 35.1 Å². The minimum Gasteiger partial charge on any atom is -0.388 e. The van der Waals surface area contributed by atoms with Gasteiger partial charge in [-0.1, -0.05) is 0 Å². The number of quaternary nitrogens is 2. The zero-order valence-corrected chi connectivity index (χ0v) is 13.2. The lowest BCUT2D eigenvalue weighted by Gasteiger charge is -2.33. The molecule has 18 heavy (non-hydrogen) atoms. The zero-order chi connectivity index (χ0) is 14.4. The van der Waals surface area contributed by atoms with Crippen LogP contribution < -0.4 is 0 Å². The highest BCUT2D eigenvalue weighted by atomic mass is 16.3. The number of likely N-dealkylation sites (N-methyl/N-ethyl adjacent to an activating group) is 2. The Hall–Kier alpha value is -0.160. The van der Waals surface area contributed by atoms with E-state index in [2.05, 4.69) is 28.2 Å². The molecule has 0 amide bonds. The van der Waals surface area contributed by atoms with E-state index < -0.39 is 0 Å². The van der Waals surface area contributed by atoms with Gasteiger partial charge in [0.2, 0.25) is 0 Å². The van der Waals surface area contributed by atoms with E-state index in [9.17, 15) is 10.2 Å². The lowest BCUT2D eigenvalue weighted by molar-refractivity contribution is -0.899. The second kappa shape index (κ2) is 7.43. The van der Waals surface area contributed by atoms with Crippen molar-refractivity contribution in [2.75, 3.05) is 54.4 Å². The third-order valence-corrected chi connectivity index (χ3v) is 3.29. The first kappa shape index (κ1) is 17.8. The molecular formula is C14H34N2O2+2. The number of nitrogens with zero attached hydrogens (tertiary/aromatic N) is 2. The molecule has 0 aromatic heterocycles. The van der Waals surface area contributed by atoms with Crippen LogP contribution in [-0.4, -0.2) is 85.8 Å². The van der Waals surface area contributed by atoms with Crippen molar-refractivity contribution in [1.29, 1.82) is 0 Å². The van der Waals surface area contributed by atoms with Crippen LogP contribution in [0.3, 0.4) is 0 Å². The number of hydrogen-bond donors (Lipinski definition) is 2. The highest BCUT2D eigenvalue weighted by molar-refractivity contribution is 4.47. The highest BCUT2D eigenvalue weighted by Crippen LogP contribution is 2.07. The van der Waals surface area contributed by atoms with Crippen molar-refractivity contribution >= 4 is 0 Å². The minimum atomic E-state index is -0.234. The quantitative estimate of drug-likeness (QED) is 0.474. The number of aliphatic hydroxyl groups is 2. The van der Waals surface area contributed by atoms with Crippen LogP contribution in [0.5, 0.6) is 0 Å². The molecule has 0 heterocycles. The Kier molecular flexibility index (Phi) is 7.37. The van der Waals surface area contributed by atoms with Gasteiger partial charge in [-0.3, -0.25) is 0 Å². The first-order valence-corrected chi connectivity index (χ1v) is 7.04. The summed E-state index contributed by atoms with van der Waals surface area (Å²) in [5.74, 6) is 0. The molecule has 2 N–H and O–H groups in total. The average Bonchev–Trinajstić information content (AvgIpc) is 2.08. The fourth-order valence-corrected chi connectivity index (χ4v) is 2.69. The summed E-state index contributed by atoms with van der Waals surface area (Å²) in [6.45, 7) is 7.52. The standard InChI is InChI=1S/C14H34N2O2/c1-13(17)11-15(3,4)9-7-8-10-16(5,6)12-14(2)18/h13-14,17-18H,7-12H2,1-6H3/q+2. The molecular weight excluding hydrogens is 228 g/mol. The van der Waals surface area contributed by atoms with Gasteiger partial charge in [0, 0.05) is 12.8 Å². The Morgan fingerprint density at radius 3 is 1.22 bits per heavy atom. The van der Waals surface area contributed by atoms with E-state index in [1.165, 1.54) is 12.8 Å². The molecule has 2 atom stereocenters. The molecule has 0 bridgehead atoms. The van der Waals surface area contributed by atoms with Crippen molar-refractivity contribution in [3.8, 4) is 0 Å². The summed E-state index contributed by atoms with van der Waals surface area (Å²) in [6, 6.07) is 0. The Balaban J connectivity index is 3.85. The molecule has 0 rings (SSSR count). The normalized spacial score (nSPS) is 16.7. The molecule has 0 fully saturated rings. The minimum absolute atomic E-state index is 0.234. The Labute approximate surface area is 113 Å². The fraction of sp³-hybridized carbons (Fsp3) is 1.00. The van der Waals surface area contributed by atoms with Gasteiger partial charge in [0.25, 0.3) is 0 Å². The van der Waals surface area contributed by atoms with Gasteiger partial charge >= 0.3 is 0 Å². The SMILES string of the molecule is CC(O)C[N+](C)(C)CCCC[N+](C)(C)CC(C)O. The van der Waals surface area contributed by atoms with Crippen molar-refractivity contribution in [3.05, 3.63) is 0 Å². The zero-order valence-electron chi connectivity index (χ0n) is 13.2. The van der Waals surface area contributed by atoms with E-state index in [4.69, 9.17) is 0 Å². The van der Waals surface area contributed by atoms with Crippen LogP contribution in [0.25, 0.3) is 0 Å². The van der Waals surface area contributed by atoms with Gasteiger partial charge in [-0.15, -0.1) is 0 Å². The molecule has 4 heteroatoms. The number of rotatable bonds is 9. The molecule has 0 saturated heterocycles. The summed E-state index contributed by atoms with van der Waals surface area (Å²) in [6.07, 6.45) is 1.87. The lowest BCUT2D eigenvalue weighted by atomic mass is 10.2. The Bertz CT molecular complexity index is 202. The summed E-state index contributed by atoms with van der Waals surface area (Å²) in [4.78, 5) is 0. The van der Waals surface area contributed by atoms with Crippen molar-refractivity contribution in [3.63, 3.8) is 0 Å². The summed E-state index contributed by atoms with van der Waals surface area (Å²) in [5.41, 5.74) is 0. The van der Waals surface area contributed by atoms with Gasteiger partial charge in [-0.2, -0.15) is 0 Å². The van der Waals surface area contributed by atoms with Gasteiger partial charge in [-0.05, 0) is 13.8 Å². The maximum atomic E-state index is 9.43. The summed E-state index contributed by atoms with van der Waals surface area (Å²) < 4.78 is 1.75. The van der Waals surface area contributed by atoms with Gasteiger partial charge < -0.3 is 19.2 Å². The van der Waals surface area contributed by atoms with E-state index in [1.54, 1.807) is 0 Å². The molecule has 0 aliphatic carbocycles. The van der Waals surface area contributed by atoms with Gasteiger partial charge in [-0.25, -0.2) is 0 Å². The van der Waals surface area contributed by atoms with Gasteiger partial charge in [0.1, 0.15) is 25.3 Å². The molecule has 0 aromatic rings. The van der Waals surface area contributed by atoms with Crippen molar-refractivity contribution in [2.45, 2.75) is 38.9 Å². The maximum Gasteiger partial charge on any atom is 0.104 e. The summed E-state index contributed by atoms with van der Waals surface area (Å²) >= 11 is 0. The molecule has 0 saturated carbocycles. The van der Waals surface area contributed by atoms with E-state index in [0.29, 0.717) is 0 Å². The van der Waals surface area contributed by atoms with E-state index in [-0.39, 0.29) is 12.2 Å². The largest absolute Gasteiger partial charge is 0.388 e. The molecule has 2 unspecified atom stereocenters. The molecule has 0 radical (unpaired) electrons. The smallest absolute Gasteiger partial charge is 0.104 e. The number of unbranched alkanes of at least 4 members (excludes halogenated alkanes) is 1. The summed E-state index contributed by atoms with van der Waals surface area (Å²) in [7, 11) is 8.68. The summed E-state index contributed by atoms with van der Waals surface area (Å²) in [5, 5.41) is 18.9. The predicted molar refractivity (Wildman–Crippen MR) is 76.3 cm³/mol. The number of hydrogen-bond acceptors (Lipinski definition) is 2. The number of aliphatic hydroxyl groups excluding tert-OH is 2. The third kappa shape index (κ3) is 9.83. The van der Waals surface area contributed by atoms with Crippen LogP contribution >= 0.6 is 0 Å². The van der Waals surface area contributed by atoms with Crippen LogP contribution in [0, 0.1) is 0 Å². The van der Waals surface area contributed by atoms with Crippen molar-refractivity contribution in [2.24, 2.45) is 0 Å².